The summed E-state index contributed by atoms with van der Waals surface area (Å²) in [7, 11) is 0. The molecule has 0 aliphatic heterocycles. The van der Waals surface area contributed by atoms with Gasteiger partial charge in [0.05, 0.1) is 16.1 Å². The van der Waals surface area contributed by atoms with Crippen molar-refractivity contribution in [1.82, 2.24) is 0 Å². The summed E-state index contributed by atoms with van der Waals surface area (Å²) in [5, 5.41) is 7.77. The fourth-order valence-electron chi connectivity index (χ4n) is 1.01. The fraction of sp³-hybridized carbons (Fsp3) is 0.125. The third-order valence-electron chi connectivity index (χ3n) is 1.57. The number of benzene rings is 1. The molecule has 0 saturated heterocycles. The van der Waals surface area contributed by atoms with E-state index in [1.54, 1.807) is 0 Å². The van der Waals surface area contributed by atoms with Crippen molar-refractivity contribution < 1.29 is 23.1 Å². The molecule has 15 heavy (non-hydrogen) atoms. The zero-order valence-corrected chi connectivity index (χ0v) is 8.41. The second kappa shape index (κ2) is 3.90. The normalized spacial score (nSPS) is 11.5. The van der Waals surface area contributed by atoms with Gasteiger partial charge in [0, 0.05) is 5.02 Å². The van der Waals surface area contributed by atoms with Gasteiger partial charge in [-0.3, -0.25) is 0 Å². The standard InChI is InChI=1S/C8H3Cl2F3O2/c9-3-1-4(8(11,12)13)6(7(14)15)5(10)2-3/h1-2H,(H,14,15). The van der Waals surface area contributed by atoms with Crippen LogP contribution in [0.5, 0.6) is 0 Å². The van der Waals surface area contributed by atoms with Crippen LogP contribution in [0, 0.1) is 0 Å². The third kappa shape index (κ3) is 2.54. The zero-order valence-electron chi connectivity index (χ0n) is 6.90. The molecule has 0 bridgehead atoms. The lowest BCUT2D eigenvalue weighted by atomic mass is 10.1. The molecule has 1 aromatic carbocycles. The first kappa shape index (κ1) is 12.1. The van der Waals surface area contributed by atoms with Crippen LogP contribution >= 0.6 is 23.2 Å². The van der Waals surface area contributed by atoms with E-state index in [-0.39, 0.29) is 5.02 Å². The Morgan fingerprint density at radius 2 is 1.80 bits per heavy atom. The van der Waals surface area contributed by atoms with Gasteiger partial charge in [-0.05, 0) is 12.1 Å². The van der Waals surface area contributed by atoms with E-state index >= 15 is 0 Å². The molecule has 0 unspecified atom stereocenters. The Morgan fingerprint density at radius 1 is 1.27 bits per heavy atom. The second-order valence-corrected chi connectivity index (χ2v) is 3.46. The molecule has 7 heteroatoms. The number of alkyl halides is 3. The number of hydrogen-bond donors (Lipinski definition) is 1. The minimum Gasteiger partial charge on any atom is -0.478 e. The van der Waals surface area contributed by atoms with E-state index in [0.717, 1.165) is 6.07 Å². The van der Waals surface area contributed by atoms with Crippen molar-refractivity contribution in [2.75, 3.05) is 0 Å². The van der Waals surface area contributed by atoms with Crippen LogP contribution in [0.4, 0.5) is 13.2 Å². The number of rotatable bonds is 1. The summed E-state index contributed by atoms with van der Waals surface area (Å²) in [5.41, 5.74) is -2.35. The lowest BCUT2D eigenvalue weighted by molar-refractivity contribution is -0.138. The van der Waals surface area contributed by atoms with E-state index in [4.69, 9.17) is 28.3 Å². The van der Waals surface area contributed by atoms with E-state index in [9.17, 15) is 18.0 Å². The summed E-state index contributed by atoms with van der Waals surface area (Å²) in [5.74, 6) is -1.75. The van der Waals surface area contributed by atoms with Gasteiger partial charge in [0.2, 0.25) is 0 Å². The number of carbonyl (C=O) groups is 1. The van der Waals surface area contributed by atoms with Crippen LogP contribution in [0.1, 0.15) is 15.9 Å². The van der Waals surface area contributed by atoms with Gasteiger partial charge in [0.25, 0.3) is 0 Å². The molecule has 0 saturated carbocycles. The van der Waals surface area contributed by atoms with Crippen molar-refractivity contribution in [3.8, 4) is 0 Å². The Morgan fingerprint density at radius 3 is 2.20 bits per heavy atom. The van der Waals surface area contributed by atoms with Crippen LogP contribution in [0.2, 0.25) is 10.0 Å². The summed E-state index contributed by atoms with van der Waals surface area (Å²) in [4.78, 5) is 10.6. The van der Waals surface area contributed by atoms with Gasteiger partial charge in [-0.1, -0.05) is 23.2 Å². The van der Waals surface area contributed by atoms with Gasteiger partial charge in [0.15, 0.2) is 0 Å². The molecule has 1 aromatic rings. The smallest absolute Gasteiger partial charge is 0.417 e. The van der Waals surface area contributed by atoms with Crippen molar-refractivity contribution in [2.45, 2.75) is 6.18 Å². The van der Waals surface area contributed by atoms with Crippen LogP contribution in [-0.4, -0.2) is 11.1 Å². The van der Waals surface area contributed by atoms with Gasteiger partial charge in [-0.2, -0.15) is 13.2 Å². The highest BCUT2D eigenvalue weighted by Crippen LogP contribution is 2.37. The Bertz CT molecular complexity index is 415. The van der Waals surface area contributed by atoms with E-state index in [0.29, 0.717) is 6.07 Å². The average molecular weight is 259 g/mol. The molecule has 1 rings (SSSR count). The number of carboxylic acids is 1. The molecule has 0 heterocycles. The molecule has 0 amide bonds. The molecule has 0 aliphatic carbocycles. The van der Waals surface area contributed by atoms with Crippen molar-refractivity contribution in [1.29, 1.82) is 0 Å². The van der Waals surface area contributed by atoms with Crippen LogP contribution in [0.25, 0.3) is 0 Å². The first-order valence-electron chi connectivity index (χ1n) is 3.53. The summed E-state index contributed by atoms with van der Waals surface area (Å²) in [6, 6.07) is 1.47. The van der Waals surface area contributed by atoms with Crippen molar-refractivity contribution in [3.05, 3.63) is 33.3 Å². The molecule has 0 fully saturated rings. The topological polar surface area (TPSA) is 37.3 Å². The van der Waals surface area contributed by atoms with Crippen LogP contribution < -0.4 is 0 Å². The zero-order chi connectivity index (χ0) is 11.8. The van der Waals surface area contributed by atoms with Crippen LogP contribution in [0.3, 0.4) is 0 Å². The van der Waals surface area contributed by atoms with E-state index in [1.807, 2.05) is 0 Å². The predicted molar refractivity (Wildman–Crippen MR) is 48.4 cm³/mol. The minimum atomic E-state index is -4.80. The van der Waals surface area contributed by atoms with Gasteiger partial charge < -0.3 is 5.11 Å². The van der Waals surface area contributed by atoms with E-state index in [1.165, 1.54) is 0 Å². The molecule has 0 atom stereocenters. The molecule has 82 valence electrons. The van der Waals surface area contributed by atoms with E-state index < -0.39 is 28.3 Å². The largest absolute Gasteiger partial charge is 0.478 e. The summed E-state index contributed by atoms with van der Waals surface area (Å²) >= 11 is 10.7. The predicted octanol–water partition coefficient (Wildman–Crippen LogP) is 3.71. The lowest BCUT2D eigenvalue weighted by Crippen LogP contribution is -2.13. The molecular formula is C8H3Cl2F3O2. The maximum Gasteiger partial charge on any atom is 0.417 e. The highest BCUT2D eigenvalue weighted by Gasteiger charge is 2.37. The summed E-state index contributed by atoms with van der Waals surface area (Å²) in [6.45, 7) is 0. The fourth-order valence-corrected chi connectivity index (χ4v) is 1.59. The highest BCUT2D eigenvalue weighted by molar-refractivity contribution is 6.36. The number of halogens is 5. The maximum absolute atomic E-state index is 12.4. The number of hydrogen-bond acceptors (Lipinski definition) is 1. The first-order valence-corrected chi connectivity index (χ1v) is 4.28. The van der Waals surface area contributed by atoms with Crippen molar-refractivity contribution in [2.24, 2.45) is 0 Å². The number of aromatic carboxylic acids is 1. The molecular weight excluding hydrogens is 256 g/mol. The molecule has 0 aromatic heterocycles. The Kier molecular flexibility index (Phi) is 3.16. The minimum absolute atomic E-state index is 0.266. The first-order chi connectivity index (χ1) is 6.73. The van der Waals surface area contributed by atoms with Gasteiger partial charge in [0.1, 0.15) is 0 Å². The Labute approximate surface area is 92.2 Å². The quantitative estimate of drug-likeness (QED) is 0.834. The summed E-state index contributed by atoms with van der Waals surface area (Å²) < 4.78 is 37.2. The summed E-state index contributed by atoms with van der Waals surface area (Å²) in [6.07, 6.45) is -4.80. The second-order valence-electron chi connectivity index (χ2n) is 2.61. The Balaban J connectivity index is 3.54. The highest BCUT2D eigenvalue weighted by atomic mass is 35.5. The van der Waals surface area contributed by atoms with Crippen molar-refractivity contribution >= 4 is 29.2 Å². The third-order valence-corrected chi connectivity index (χ3v) is 2.09. The van der Waals surface area contributed by atoms with Crippen LogP contribution in [-0.2, 0) is 6.18 Å². The maximum atomic E-state index is 12.4. The van der Waals surface area contributed by atoms with Gasteiger partial charge >= 0.3 is 12.1 Å². The Hall–Kier alpha value is -0.940. The van der Waals surface area contributed by atoms with Gasteiger partial charge in [-0.25, -0.2) is 4.79 Å². The molecule has 2 nitrogen and oxygen atoms in total. The average Bonchev–Trinajstić information content (AvgIpc) is 1.99. The van der Waals surface area contributed by atoms with E-state index in [2.05, 4.69) is 0 Å². The molecule has 0 spiro atoms. The van der Waals surface area contributed by atoms with Gasteiger partial charge in [-0.15, -0.1) is 0 Å². The monoisotopic (exact) mass is 258 g/mol. The molecule has 1 N–H and O–H groups in total. The van der Waals surface area contributed by atoms with Crippen LogP contribution in [0.15, 0.2) is 12.1 Å². The SMILES string of the molecule is O=C(O)c1c(Cl)cc(Cl)cc1C(F)(F)F. The molecule has 0 aliphatic rings. The lowest BCUT2D eigenvalue weighted by Gasteiger charge is -2.11. The number of carboxylic acid groups (broad SMARTS) is 1. The molecule has 0 radical (unpaired) electrons. The van der Waals surface area contributed by atoms with Crippen molar-refractivity contribution in [3.63, 3.8) is 0 Å².